The smallest absolute Gasteiger partial charge is 0.232 e. The maximum absolute atomic E-state index is 6.01. The van der Waals surface area contributed by atoms with Crippen molar-refractivity contribution in [2.24, 2.45) is 0 Å². The van der Waals surface area contributed by atoms with Gasteiger partial charge in [-0.15, -0.1) is 0 Å². The molecule has 2 rings (SSSR count). The number of hydrogen-bond donors (Lipinski definition) is 0. The summed E-state index contributed by atoms with van der Waals surface area (Å²) in [6, 6.07) is 9.40. The van der Waals surface area contributed by atoms with Gasteiger partial charge in [-0.1, -0.05) is 23.7 Å². The van der Waals surface area contributed by atoms with Crippen LogP contribution in [0, 0.1) is 0 Å². The minimum atomic E-state index is 0.394. The zero-order valence-electron chi connectivity index (χ0n) is 9.69. The van der Waals surface area contributed by atoms with Gasteiger partial charge < -0.3 is 9.47 Å². The lowest BCUT2D eigenvalue weighted by atomic mass is 10.2. The standard InChI is InChI=1S/C13H11BrClNO2/c1-17-11-4-2-3-9(5-11)8-18-13-12(15)6-10(14)7-16-13/h2-7H,8H2,1H3. The number of benzene rings is 1. The highest BCUT2D eigenvalue weighted by Gasteiger charge is 2.04. The Morgan fingerprint density at radius 1 is 1.33 bits per heavy atom. The second-order valence-corrected chi connectivity index (χ2v) is 4.90. The van der Waals surface area contributed by atoms with E-state index in [4.69, 9.17) is 21.1 Å². The first-order valence-corrected chi connectivity index (χ1v) is 6.43. The SMILES string of the molecule is COc1cccc(COc2ncc(Br)cc2Cl)c1. The summed E-state index contributed by atoms with van der Waals surface area (Å²) in [4.78, 5) is 4.10. The fourth-order valence-corrected chi connectivity index (χ4v) is 2.11. The first kappa shape index (κ1) is 13.2. The molecular formula is C13H11BrClNO2. The Kier molecular flexibility index (Phi) is 4.44. The van der Waals surface area contributed by atoms with Crippen molar-refractivity contribution in [1.82, 2.24) is 4.98 Å². The van der Waals surface area contributed by atoms with Crippen molar-refractivity contribution >= 4 is 27.5 Å². The van der Waals surface area contributed by atoms with Crippen molar-refractivity contribution in [3.05, 3.63) is 51.6 Å². The van der Waals surface area contributed by atoms with E-state index >= 15 is 0 Å². The third-order valence-corrected chi connectivity index (χ3v) is 2.99. The molecule has 0 amide bonds. The lowest BCUT2D eigenvalue weighted by molar-refractivity contribution is 0.293. The van der Waals surface area contributed by atoms with Crippen LogP contribution in [0.5, 0.6) is 11.6 Å². The number of rotatable bonds is 4. The number of methoxy groups -OCH3 is 1. The molecule has 3 nitrogen and oxygen atoms in total. The van der Waals surface area contributed by atoms with E-state index in [2.05, 4.69) is 20.9 Å². The Labute approximate surface area is 119 Å². The Morgan fingerprint density at radius 3 is 2.89 bits per heavy atom. The van der Waals surface area contributed by atoms with Crippen LogP contribution in [0.25, 0.3) is 0 Å². The molecule has 0 unspecified atom stereocenters. The third kappa shape index (κ3) is 3.37. The molecular weight excluding hydrogens is 318 g/mol. The van der Waals surface area contributed by atoms with E-state index in [0.717, 1.165) is 15.8 Å². The summed E-state index contributed by atoms with van der Waals surface area (Å²) in [6.45, 7) is 0.394. The molecule has 0 atom stereocenters. The van der Waals surface area contributed by atoms with Gasteiger partial charge >= 0.3 is 0 Å². The Balaban J connectivity index is 2.06. The van der Waals surface area contributed by atoms with E-state index in [1.807, 2.05) is 24.3 Å². The van der Waals surface area contributed by atoms with Crippen LogP contribution in [0.2, 0.25) is 5.02 Å². The minimum absolute atomic E-state index is 0.394. The predicted molar refractivity (Wildman–Crippen MR) is 74.3 cm³/mol. The molecule has 18 heavy (non-hydrogen) atoms. The number of ether oxygens (including phenoxy) is 2. The van der Waals surface area contributed by atoms with E-state index in [1.165, 1.54) is 0 Å². The number of halogens is 2. The monoisotopic (exact) mass is 327 g/mol. The fraction of sp³-hybridized carbons (Fsp3) is 0.154. The normalized spacial score (nSPS) is 10.2. The molecule has 1 aromatic heterocycles. The van der Waals surface area contributed by atoms with Gasteiger partial charge in [0, 0.05) is 10.7 Å². The van der Waals surface area contributed by atoms with Crippen molar-refractivity contribution in [2.75, 3.05) is 7.11 Å². The maximum Gasteiger partial charge on any atom is 0.232 e. The second kappa shape index (κ2) is 6.07. The highest BCUT2D eigenvalue weighted by Crippen LogP contribution is 2.25. The molecule has 0 aliphatic carbocycles. The van der Waals surface area contributed by atoms with Gasteiger partial charge in [0.25, 0.3) is 0 Å². The number of nitrogens with zero attached hydrogens (tertiary/aromatic N) is 1. The van der Waals surface area contributed by atoms with Crippen LogP contribution < -0.4 is 9.47 Å². The largest absolute Gasteiger partial charge is 0.497 e. The van der Waals surface area contributed by atoms with Gasteiger partial charge in [-0.2, -0.15) is 0 Å². The topological polar surface area (TPSA) is 31.4 Å². The molecule has 0 spiro atoms. The lowest BCUT2D eigenvalue weighted by Crippen LogP contribution is -1.98. The molecule has 2 aromatic rings. The van der Waals surface area contributed by atoms with Gasteiger partial charge in [0.15, 0.2) is 0 Å². The van der Waals surface area contributed by atoms with Crippen LogP contribution in [0.4, 0.5) is 0 Å². The van der Waals surface area contributed by atoms with Crippen LogP contribution in [-0.4, -0.2) is 12.1 Å². The van der Waals surface area contributed by atoms with Gasteiger partial charge in [-0.05, 0) is 39.7 Å². The van der Waals surface area contributed by atoms with E-state index in [-0.39, 0.29) is 0 Å². The summed E-state index contributed by atoms with van der Waals surface area (Å²) in [6.07, 6.45) is 1.65. The van der Waals surface area contributed by atoms with Gasteiger partial charge in [0.05, 0.1) is 7.11 Å². The minimum Gasteiger partial charge on any atom is -0.497 e. The zero-order chi connectivity index (χ0) is 13.0. The molecule has 0 saturated carbocycles. The average molecular weight is 329 g/mol. The van der Waals surface area contributed by atoms with Crippen molar-refractivity contribution < 1.29 is 9.47 Å². The maximum atomic E-state index is 6.01. The van der Waals surface area contributed by atoms with Crippen LogP contribution in [0.1, 0.15) is 5.56 Å². The van der Waals surface area contributed by atoms with Gasteiger partial charge in [-0.3, -0.25) is 0 Å². The highest BCUT2D eigenvalue weighted by atomic mass is 79.9. The summed E-state index contributed by atoms with van der Waals surface area (Å²) in [5.41, 5.74) is 0.995. The summed E-state index contributed by atoms with van der Waals surface area (Å²) in [7, 11) is 1.63. The Hall–Kier alpha value is -1.26. The Morgan fingerprint density at radius 2 is 2.17 bits per heavy atom. The van der Waals surface area contributed by atoms with Crippen LogP contribution in [0.3, 0.4) is 0 Å². The van der Waals surface area contributed by atoms with Crippen molar-refractivity contribution in [3.63, 3.8) is 0 Å². The van der Waals surface area contributed by atoms with Gasteiger partial charge in [-0.25, -0.2) is 4.98 Å². The molecule has 1 heterocycles. The van der Waals surface area contributed by atoms with Gasteiger partial charge in [0.2, 0.25) is 5.88 Å². The van der Waals surface area contributed by atoms with E-state index in [1.54, 1.807) is 19.4 Å². The quantitative estimate of drug-likeness (QED) is 0.847. The first-order valence-electron chi connectivity index (χ1n) is 5.26. The highest BCUT2D eigenvalue weighted by molar-refractivity contribution is 9.10. The van der Waals surface area contributed by atoms with Crippen molar-refractivity contribution in [3.8, 4) is 11.6 Å². The van der Waals surface area contributed by atoms with E-state index in [0.29, 0.717) is 17.5 Å². The number of aromatic nitrogens is 1. The summed E-state index contributed by atoms with van der Waals surface area (Å²) >= 11 is 9.30. The molecule has 0 bridgehead atoms. The number of hydrogen-bond acceptors (Lipinski definition) is 3. The average Bonchev–Trinajstić information content (AvgIpc) is 2.38. The van der Waals surface area contributed by atoms with Crippen LogP contribution in [-0.2, 0) is 6.61 Å². The van der Waals surface area contributed by atoms with Crippen molar-refractivity contribution in [2.45, 2.75) is 6.61 Å². The van der Waals surface area contributed by atoms with Gasteiger partial charge in [0.1, 0.15) is 17.4 Å². The number of pyridine rings is 1. The molecule has 0 radical (unpaired) electrons. The van der Waals surface area contributed by atoms with Crippen LogP contribution in [0.15, 0.2) is 41.0 Å². The third-order valence-electron chi connectivity index (χ3n) is 2.28. The summed E-state index contributed by atoms with van der Waals surface area (Å²) in [5, 5.41) is 0.479. The fourth-order valence-electron chi connectivity index (χ4n) is 1.42. The van der Waals surface area contributed by atoms with Crippen molar-refractivity contribution in [1.29, 1.82) is 0 Å². The van der Waals surface area contributed by atoms with E-state index < -0.39 is 0 Å². The molecule has 0 N–H and O–H groups in total. The molecule has 1 aromatic carbocycles. The zero-order valence-corrected chi connectivity index (χ0v) is 12.0. The molecule has 0 aliphatic heterocycles. The molecule has 0 fully saturated rings. The lowest BCUT2D eigenvalue weighted by Gasteiger charge is -2.08. The van der Waals surface area contributed by atoms with E-state index in [9.17, 15) is 0 Å². The second-order valence-electron chi connectivity index (χ2n) is 3.58. The Bertz CT molecular complexity index is 548. The molecule has 0 saturated heterocycles. The first-order chi connectivity index (χ1) is 8.69. The van der Waals surface area contributed by atoms with Crippen LogP contribution >= 0.6 is 27.5 Å². The molecule has 5 heteroatoms. The predicted octanol–water partition coefficient (Wildman–Crippen LogP) is 4.09. The molecule has 94 valence electrons. The molecule has 0 aliphatic rings. The summed E-state index contributed by atoms with van der Waals surface area (Å²) in [5.74, 6) is 1.22. The summed E-state index contributed by atoms with van der Waals surface area (Å²) < 4.78 is 11.5.